The fourth-order valence-electron chi connectivity index (χ4n) is 2.77. The summed E-state index contributed by atoms with van der Waals surface area (Å²) < 4.78 is 5.74. The molecule has 1 atom stereocenters. The number of nitrogens with zero attached hydrogens (tertiary/aromatic N) is 1. The summed E-state index contributed by atoms with van der Waals surface area (Å²) in [5.41, 5.74) is 2.74. The van der Waals surface area contributed by atoms with Crippen molar-refractivity contribution in [2.75, 3.05) is 25.1 Å². The fraction of sp³-hybridized carbons (Fsp3) is 0.625. The third-order valence-electron chi connectivity index (χ3n) is 4.06. The van der Waals surface area contributed by atoms with Gasteiger partial charge >= 0.3 is 0 Å². The zero-order chi connectivity index (χ0) is 13.1. The molecular weight excluding hydrogens is 236 g/mol. The van der Waals surface area contributed by atoms with Crippen LogP contribution in [0.3, 0.4) is 0 Å². The second-order valence-corrected chi connectivity index (χ2v) is 5.80. The minimum absolute atomic E-state index is 0.412. The van der Waals surface area contributed by atoms with E-state index in [1.165, 1.54) is 36.9 Å². The highest BCUT2D eigenvalue weighted by molar-refractivity contribution is 5.53. The fourth-order valence-corrected chi connectivity index (χ4v) is 2.77. The summed E-state index contributed by atoms with van der Waals surface area (Å²) in [4.78, 5) is 2.35. The summed E-state index contributed by atoms with van der Waals surface area (Å²) in [6, 6.07) is 9.47. The van der Waals surface area contributed by atoms with Gasteiger partial charge in [-0.15, -0.1) is 0 Å². The molecule has 2 fully saturated rings. The van der Waals surface area contributed by atoms with Crippen LogP contribution in [0.25, 0.3) is 0 Å². The van der Waals surface area contributed by atoms with Crippen LogP contribution >= 0.6 is 0 Å². The Morgan fingerprint density at radius 3 is 2.84 bits per heavy atom. The summed E-state index contributed by atoms with van der Waals surface area (Å²) >= 11 is 0. The first-order chi connectivity index (χ1) is 9.33. The number of rotatable bonds is 6. The number of likely N-dealkylation sites (N-methyl/N-ethyl adjacent to an activating group) is 1. The van der Waals surface area contributed by atoms with Gasteiger partial charge in [-0.3, -0.25) is 0 Å². The van der Waals surface area contributed by atoms with Gasteiger partial charge in [0.25, 0.3) is 0 Å². The summed E-state index contributed by atoms with van der Waals surface area (Å²) in [7, 11) is 2.18. The lowest BCUT2D eigenvalue weighted by Crippen LogP contribution is -2.30. The SMILES string of the molecule is CN(CC1CCCO1)c1ccccc1CNC1CC1. The number of ether oxygens (including phenoxy) is 1. The average molecular weight is 260 g/mol. The minimum Gasteiger partial charge on any atom is -0.376 e. The highest BCUT2D eigenvalue weighted by Crippen LogP contribution is 2.24. The van der Waals surface area contributed by atoms with Crippen LogP contribution in [0.5, 0.6) is 0 Å². The molecule has 1 heterocycles. The molecule has 0 bridgehead atoms. The molecule has 0 radical (unpaired) electrons. The van der Waals surface area contributed by atoms with Gasteiger partial charge in [-0.2, -0.15) is 0 Å². The first kappa shape index (κ1) is 12.9. The Hall–Kier alpha value is -1.06. The van der Waals surface area contributed by atoms with Gasteiger partial charge in [0.1, 0.15) is 0 Å². The monoisotopic (exact) mass is 260 g/mol. The van der Waals surface area contributed by atoms with Gasteiger partial charge in [0.15, 0.2) is 0 Å². The lowest BCUT2D eigenvalue weighted by atomic mass is 10.1. The molecule has 1 aromatic rings. The summed E-state index contributed by atoms with van der Waals surface area (Å²) in [6.07, 6.45) is 5.51. The van der Waals surface area contributed by atoms with Gasteiger partial charge in [0, 0.05) is 38.5 Å². The smallest absolute Gasteiger partial charge is 0.0750 e. The van der Waals surface area contributed by atoms with Crippen molar-refractivity contribution in [3.63, 3.8) is 0 Å². The number of nitrogens with one attached hydrogen (secondary N) is 1. The van der Waals surface area contributed by atoms with Gasteiger partial charge < -0.3 is 15.0 Å². The van der Waals surface area contributed by atoms with Crippen molar-refractivity contribution in [2.24, 2.45) is 0 Å². The molecule has 1 saturated heterocycles. The van der Waals surface area contributed by atoms with Crippen molar-refractivity contribution in [3.05, 3.63) is 29.8 Å². The van der Waals surface area contributed by atoms with Crippen molar-refractivity contribution in [2.45, 2.75) is 44.4 Å². The average Bonchev–Trinajstić information content (AvgIpc) is 3.13. The van der Waals surface area contributed by atoms with Gasteiger partial charge in [-0.1, -0.05) is 18.2 Å². The van der Waals surface area contributed by atoms with E-state index >= 15 is 0 Å². The third-order valence-corrected chi connectivity index (χ3v) is 4.06. The molecule has 19 heavy (non-hydrogen) atoms. The summed E-state index contributed by atoms with van der Waals surface area (Å²) in [6.45, 7) is 2.92. The Balaban J connectivity index is 1.63. The van der Waals surface area contributed by atoms with Crippen LogP contribution in [-0.4, -0.2) is 32.3 Å². The molecule has 1 aromatic carbocycles. The summed E-state index contributed by atoms with van der Waals surface area (Å²) in [5.74, 6) is 0. The molecule has 1 aliphatic carbocycles. The van der Waals surface area contributed by atoms with Crippen LogP contribution in [0.4, 0.5) is 5.69 Å². The van der Waals surface area contributed by atoms with Crippen LogP contribution in [0.2, 0.25) is 0 Å². The minimum atomic E-state index is 0.412. The van der Waals surface area contributed by atoms with Gasteiger partial charge in [-0.05, 0) is 37.3 Å². The maximum Gasteiger partial charge on any atom is 0.0750 e. The Morgan fingerprint density at radius 1 is 1.26 bits per heavy atom. The lowest BCUT2D eigenvalue weighted by molar-refractivity contribution is 0.116. The van der Waals surface area contributed by atoms with Crippen LogP contribution in [0.1, 0.15) is 31.2 Å². The van der Waals surface area contributed by atoms with E-state index < -0.39 is 0 Å². The van der Waals surface area contributed by atoms with E-state index in [-0.39, 0.29) is 0 Å². The Kier molecular flexibility index (Phi) is 4.04. The maximum atomic E-state index is 5.74. The summed E-state index contributed by atoms with van der Waals surface area (Å²) in [5, 5.41) is 3.60. The molecule has 0 amide bonds. The van der Waals surface area contributed by atoms with Gasteiger partial charge in [-0.25, -0.2) is 0 Å². The first-order valence-corrected chi connectivity index (χ1v) is 7.47. The molecule has 3 rings (SSSR count). The Morgan fingerprint density at radius 2 is 2.11 bits per heavy atom. The van der Waals surface area contributed by atoms with Gasteiger partial charge in [0.2, 0.25) is 0 Å². The predicted molar refractivity (Wildman–Crippen MR) is 78.5 cm³/mol. The number of para-hydroxylation sites is 1. The number of benzene rings is 1. The second kappa shape index (κ2) is 5.93. The van der Waals surface area contributed by atoms with E-state index in [1.807, 2.05) is 0 Å². The van der Waals surface area contributed by atoms with Crippen molar-refractivity contribution in [3.8, 4) is 0 Å². The van der Waals surface area contributed by atoms with Crippen molar-refractivity contribution >= 4 is 5.69 Å². The molecule has 1 N–H and O–H groups in total. The Labute approximate surface area is 115 Å². The molecule has 0 spiro atoms. The zero-order valence-corrected chi connectivity index (χ0v) is 11.8. The van der Waals surface area contributed by atoms with Crippen molar-refractivity contribution < 1.29 is 4.74 Å². The molecule has 1 unspecified atom stereocenters. The van der Waals surface area contributed by atoms with E-state index in [9.17, 15) is 0 Å². The quantitative estimate of drug-likeness (QED) is 0.850. The molecule has 3 nitrogen and oxygen atoms in total. The van der Waals surface area contributed by atoms with Crippen LogP contribution < -0.4 is 10.2 Å². The highest BCUT2D eigenvalue weighted by atomic mass is 16.5. The number of anilines is 1. The standard InChI is InChI=1S/C16H24N2O/c1-18(12-15-6-4-10-19-15)16-7-3-2-5-13(16)11-17-14-8-9-14/h2-3,5,7,14-15,17H,4,6,8-12H2,1H3. The molecule has 1 saturated carbocycles. The van der Waals surface area contributed by atoms with Gasteiger partial charge in [0.05, 0.1) is 6.10 Å². The molecular formula is C16H24N2O. The molecule has 1 aliphatic heterocycles. The lowest BCUT2D eigenvalue weighted by Gasteiger charge is -2.25. The van der Waals surface area contributed by atoms with Crippen LogP contribution in [0, 0.1) is 0 Å². The topological polar surface area (TPSA) is 24.5 Å². The van der Waals surface area contributed by atoms with E-state index in [2.05, 4.69) is 41.5 Å². The van der Waals surface area contributed by atoms with E-state index in [0.717, 1.165) is 25.7 Å². The number of hydrogen-bond donors (Lipinski definition) is 1. The predicted octanol–water partition coefficient (Wildman–Crippen LogP) is 2.55. The zero-order valence-electron chi connectivity index (χ0n) is 11.8. The maximum absolute atomic E-state index is 5.74. The molecule has 2 aliphatic rings. The largest absolute Gasteiger partial charge is 0.376 e. The van der Waals surface area contributed by atoms with Crippen LogP contribution in [-0.2, 0) is 11.3 Å². The van der Waals surface area contributed by atoms with Crippen LogP contribution in [0.15, 0.2) is 24.3 Å². The highest BCUT2D eigenvalue weighted by Gasteiger charge is 2.21. The number of hydrogen-bond acceptors (Lipinski definition) is 3. The van der Waals surface area contributed by atoms with Crippen molar-refractivity contribution in [1.82, 2.24) is 5.32 Å². The van der Waals surface area contributed by atoms with E-state index in [0.29, 0.717) is 6.10 Å². The molecule has 0 aromatic heterocycles. The Bertz CT molecular complexity index is 411. The second-order valence-electron chi connectivity index (χ2n) is 5.80. The normalized spacial score (nSPS) is 22.7. The van der Waals surface area contributed by atoms with Crippen molar-refractivity contribution in [1.29, 1.82) is 0 Å². The third kappa shape index (κ3) is 3.48. The molecule has 3 heteroatoms. The first-order valence-electron chi connectivity index (χ1n) is 7.47. The van der Waals surface area contributed by atoms with E-state index in [1.54, 1.807) is 0 Å². The van der Waals surface area contributed by atoms with E-state index in [4.69, 9.17) is 4.74 Å². The molecule has 104 valence electrons.